The molecular formula is C28H36N2S5. The standard InChI is InChI=1S/C24H24N2S5.2C2H6/c1-3-27-15(2)21-13-16(8-10-25)23(30-21)19-6-7-20(29-19)24-17(9-11-26)14-22(31-24)18-5-4-12-28-18;2*1-2/h3-7,12-14H,1-2,8-11,25-26H2;2*1-2H3. The van der Waals surface area contributed by atoms with Crippen LogP contribution < -0.4 is 11.5 Å². The minimum Gasteiger partial charge on any atom is -0.330 e. The van der Waals surface area contributed by atoms with Gasteiger partial charge in [0.15, 0.2) is 0 Å². The highest BCUT2D eigenvalue weighted by atomic mass is 32.2. The van der Waals surface area contributed by atoms with Gasteiger partial charge in [0.1, 0.15) is 0 Å². The van der Waals surface area contributed by atoms with E-state index in [0.29, 0.717) is 13.1 Å². The summed E-state index contributed by atoms with van der Waals surface area (Å²) in [7, 11) is 0. The third kappa shape index (κ3) is 7.52. The van der Waals surface area contributed by atoms with Gasteiger partial charge in [-0.05, 0) is 78.2 Å². The van der Waals surface area contributed by atoms with Gasteiger partial charge in [-0.3, -0.25) is 0 Å². The second kappa shape index (κ2) is 15.6. The predicted octanol–water partition coefficient (Wildman–Crippen LogP) is 9.84. The zero-order valence-electron chi connectivity index (χ0n) is 21.1. The molecule has 4 aromatic heterocycles. The van der Waals surface area contributed by atoms with Crippen molar-refractivity contribution < 1.29 is 0 Å². The fourth-order valence-electron chi connectivity index (χ4n) is 3.38. The second-order valence-electron chi connectivity index (χ2n) is 6.86. The molecule has 0 spiro atoms. The van der Waals surface area contributed by atoms with Crippen LogP contribution in [0.25, 0.3) is 34.2 Å². The summed E-state index contributed by atoms with van der Waals surface area (Å²) in [5.74, 6) is 0. The number of nitrogens with two attached hydrogens (primary N) is 2. The smallest absolute Gasteiger partial charge is 0.0482 e. The first-order chi connectivity index (χ1) is 17.1. The van der Waals surface area contributed by atoms with E-state index in [0.717, 1.165) is 17.7 Å². The van der Waals surface area contributed by atoms with Gasteiger partial charge in [-0.15, -0.1) is 45.3 Å². The van der Waals surface area contributed by atoms with Crippen molar-refractivity contribution in [3.05, 3.63) is 76.3 Å². The first-order valence-corrected chi connectivity index (χ1v) is 16.1. The van der Waals surface area contributed by atoms with Crippen molar-refractivity contribution in [3.8, 4) is 29.3 Å². The van der Waals surface area contributed by atoms with E-state index < -0.39 is 0 Å². The zero-order valence-corrected chi connectivity index (χ0v) is 25.1. The van der Waals surface area contributed by atoms with Crippen molar-refractivity contribution in [1.82, 2.24) is 0 Å². The van der Waals surface area contributed by atoms with E-state index in [9.17, 15) is 0 Å². The summed E-state index contributed by atoms with van der Waals surface area (Å²) in [5.41, 5.74) is 14.5. The van der Waals surface area contributed by atoms with Crippen LogP contribution >= 0.6 is 57.1 Å². The van der Waals surface area contributed by atoms with Crippen molar-refractivity contribution in [2.75, 3.05) is 13.1 Å². The Bertz CT molecular complexity index is 1180. The highest BCUT2D eigenvalue weighted by Gasteiger charge is 2.18. The molecule has 0 aliphatic heterocycles. The molecule has 0 bridgehead atoms. The maximum Gasteiger partial charge on any atom is 0.0482 e. The number of rotatable bonds is 10. The molecule has 2 nitrogen and oxygen atoms in total. The van der Waals surface area contributed by atoms with Crippen LogP contribution in [0.3, 0.4) is 0 Å². The minimum absolute atomic E-state index is 0.637. The van der Waals surface area contributed by atoms with Crippen LogP contribution in [0.5, 0.6) is 0 Å². The van der Waals surface area contributed by atoms with Crippen LogP contribution in [-0.2, 0) is 12.8 Å². The largest absolute Gasteiger partial charge is 0.330 e. The molecule has 0 aromatic carbocycles. The molecule has 0 atom stereocenters. The van der Waals surface area contributed by atoms with Crippen molar-refractivity contribution in [3.63, 3.8) is 0 Å². The quantitative estimate of drug-likeness (QED) is 0.203. The van der Waals surface area contributed by atoms with Crippen LogP contribution in [0.1, 0.15) is 43.7 Å². The number of hydrogen-bond donors (Lipinski definition) is 2. The Morgan fingerprint density at radius 3 is 1.97 bits per heavy atom. The molecule has 4 N–H and O–H groups in total. The molecule has 7 heteroatoms. The van der Waals surface area contributed by atoms with Crippen molar-refractivity contribution in [1.29, 1.82) is 0 Å². The first-order valence-electron chi connectivity index (χ1n) is 11.9. The van der Waals surface area contributed by atoms with Gasteiger partial charge >= 0.3 is 0 Å². The predicted molar refractivity (Wildman–Crippen MR) is 169 cm³/mol. The lowest BCUT2D eigenvalue weighted by Gasteiger charge is -2.00. The number of hydrogen-bond acceptors (Lipinski definition) is 7. The molecule has 0 aliphatic carbocycles. The number of thiophene rings is 4. The zero-order chi connectivity index (χ0) is 25.8. The van der Waals surface area contributed by atoms with Gasteiger partial charge in [0.2, 0.25) is 0 Å². The Hall–Kier alpha value is -1.45. The Labute approximate surface area is 231 Å². The van der Waals surface area contributed by atoms with E-state index in [2.05, 4.69) is 54.9 Å². The van der Waals surface area contributed by atoms with Crippen molar-refractivity contribution in [2.45, 2.75) is 40.5 Å². The van der Waals surface area contributed by atoms with Crippen LogP contribution in [0.4, 0.5) is 0 Å². The summed E-state index contributed by atoms with van der Waals surface area (Å²) < 4.78 is 0. The van der Waals surface area contributed by atoms with Gasteiger partial charge in [0.25, 0.3) is 0 Å². The molecule has 0 fully saturated rings. The van der Waals surface area contributed by atoms with Gasteiger partial charge in [0, 0.05) is 39.0 Å². The molecule has 4 heterocycles. The molecule has 35 heavy (non-hydrogen) atoms. The topological polar surface area (TPSA) is 52.0 Å². The summed E-state index contributed by atoms with van der Waals surface area (Å²) >= 11 is 8.88. The highest BCUT2D eigenvalue weighted by Crippen LogP contribution is 2.47. The van der Waals surface area contributed by atoms with Gasteiger partial charge in [-0.25, -0.2) is 0 Å². The maximum absolute atomic E-state index is 5.92. The van der Waals surface area contributed by atoms with E-state index in [1.807, 2.05) is 55.8 Å². The third-order valence-electron chi connectivity index (χ3n) is 4.76. The molecule has 0 amide bonds. The number of thioether (sulfide) groups is 1. The molecule has 0 saturated heterocycles. The van der Waals surface area contributed by atoms with Gasteiger partial charge in [0.05, 0.1) is 0 Å². The van der Waals surface area contributed by atoms with E-state index in [-0.39, 0.29) is 0 Å². The lowest BCUT2D eigenvalue weighted by Crippen LogP contribution is -2.02. The van der Waals surface area contributed by atoms with Crippen LogP contribution in [0, 0.1) is 0 Å². The Balaban J connectivity index is 0.00000103. The van der Waals surface area contributed by atoms with Crippen LogP contribution in [0.2, 0.25) is 0 Å². The normalized spacial score (nSPS) is 10.2. The van der Waals surface area contributed by atoms with Crippen molar-refractivity contribution >= 4 is 62.0 Å². The van der Waals surface area contributed by atoms with E-state index >= 15 is 0 Å². The lowest BCUT2D eigenvalue weighted by atomic mass is 10.1. The Kier molecular flexibility index (Phi) is 13.3. The SMILES string of the molecule is C=CSC(=C)c1cc(CCN)c(-c2ccc(-c3sc(-c4cccs4)cc3CCN)s2)s1.CC.CC. The average molecular weight is 561 g/mol. The summed E-state index contributed by atoms with van der Waals surface area (Å²) in [6.45, 7) is 17.3. The van der Waals surface area contributed by atoms with Crippen LogP contribution in [0.15, 0.2) is 60.3 Å². The minimum atomic E-state index is 0.637. The fourth-order valence-corrected chi connectivity index (χ4v) is 8.43. The van der Waals surface area contributed by atoms with E-state index in [4.69, 9.17) is 11.5 Å². The van der Waals surface area contributed by atoms with Gasteiger partial charge in [-0.1, -0.05) is 58.7 Å². The monoisotopic (exact) mass is 560 g/mol. The summed E-state index contributed by atoms with van der Waals surface area (Å²) in [4.78, 5) is 10.1. The summed E-state index contributed by atoms with van der Waals surface area (Å²) in [5, 5.41) is 3.96. The summed E-state index contributed by atoms with van der Waals surface area (Å²) in [6, 6.07) is 13.4. The molecule has 188 valence electrons. The molecule has 4 rings (SSSR count). The van der Waals surface area contributed by atoms with Gasteiger partial charge in [-0.2, -0.15) is 0 Å². The Morgan fingerprint density at radius 1 is 0.829 bits per heavy atom. The van der Waals surface area contributed by atoms with Crippen molar-refractivity contribution in [2.24, 2.45) is 11.5 Å². The maximum atomic E-state index is 5.92. The molecule has 0 saturated carbocycles. The molecule has 0 radical (unpaired) electrons. The molecule has 0 unspecified atom stereocenters. The highest BCUT2D eigenvalue weighted by molar-refractivity contribution is 8.11. The second-order valence-corrected chi connectivity index (χ2v) is 12.1. The van der Waals surface area contributed by atoms with E-state index in [1.54, 1.807) is 34.4 Å². The lowest BCUT2D eigenvalue weighted by molar-refractivity contribution is 0.976. The molecular weight excluding hydrogens is 525 g/mol. The molecule has 0 aliphatic rings. The van der Waals surface area contributed by atoms with Crippen LogP contribution in [-0.4, -0.2) is 13.1 Å². The van der Waals surface area contributed by atoms with E-state index in [1.165, 1.54) is 45.3 Å². The third-order valence-corrected chi connectivity index (χ3v) is 10.5. The summed E-state index contributed by atoms with van der Waals surface area (Å²) in [6.07, 6.45) is 1.76. The Morgan fingerprint density at radius 2 is 1.43 bits per heavy atom. The van der Waals surface area contributed by atoms with Gasteiger partial charge < -0.3 is 11.5 Å². The molecule has 4 aromatic rings. The first kappa shape index (κ1) is 29.8. The fraction of sp³-hybridized carbons (Fsp3) is 0.286. The average Bonchev–Trinajstić information content (AvgIpc) is 3.68.